The van der Waals surface area contributed by atoms with Crippen LogP contribution < -0.4 is 0 Å². The molecule has 1 fully saturated rings. The van der Waals surface area contributed by atoms with Gasteiger partial charge in [0, 0.05) is 52.9 Å². The molecule has 1 aliphatic heterocycles. The molecule has 0 aliphatic carbocycles. The molecule has 1 saturated heterocycles. The van der Waals surface area contributed by atoms with E-state index in [1.807, 2.05) is 0 Å². The van der Waals surface area contributed by atoms with E-state index in [-0.39, 0.29) is 30.7 Å². The van der Waals surface area contributed by atoms with E-state index in [4.69, 9.17) is 14.0 Å². The molecule has 0 radical (unpaired) electrons. The van der Waals surface area contributed by atoms with Crippen LogP contribution in [0.1, 0.15) is 42.4 Å². The molecule has 10 heteroatoms. The second-order valence-electron chi connectivity index (χ2n) is 7.56. The minimum absolute atomic E-state index is 0.0406. The van der Waals surface area contributed by atoms with Crippen molar-refractivity contribution in [3.8, 4) is 0 Å². The van der Waals surface area contributed by atoms with Crippen LogP contribution in [0.4, 0.5) is 0 Å². The fourth-order valence-corrected chi connectivity index (χ4v) is 3.36. The third kappa shape index (κ3) is 7.05. The van der Waals surface area contributed by atoms with Gasteiger partial charge in [-0.1, -0.05) is 5.16 Å². The van der Waals surface area contributed by atoms with Crippen molar-refractivity contribution in [3.05, 3.63) is 17.5 Å². The summed E-state index contributed by atoms with van der Waals surface area (Å²) < 4.78 is 15.9. The third-order valence-electron chi connectivity index (χ3n) is 5.16. The number of amides is 2. The van der Waals surface area contributed by atoms with E-state index < -0.39 is 18.3 Å². The smallest absolute Gasteiger partial charge is 0.292 e. The van der Waals surface area contributed by atoms with Gasteiger partial charge < -0.3 is 34.0 Å². The molecule has 30 heavy (non-hydrogen) atoms. The summed E-state index contributed by atoms with van der Waals surface area (Å²) in [6.45, 7) is 4.99. The van der Waals surface area contributed by atoms with Crippen LogP contribution in [0.25, 0.3) is 0 Å². The Labute approximate surface area is 176 Å². The van der Waals surface area contributed by atoms with E-state index in [1.54, 1.807) is 22.8 Å². The molecule has 1 aromatic heterocycles. The summed E-state index contributed by atoms with van der Waals surface area (Å²) >= 11 is 0. The van der Waals surface area contributed by atoms with Gasteiger partial charge in [0.1, 0.15) is 18.3 Å². The van der Waals surface area contributed by atoms with Crippen molar-refractivity contribution in [3.63, 3.8) is 0 Å². The van der Waals surface area contributed by atoms with Crippen molar-refractivity contribution in [2.75, 3.05) is 46.5 Å². The number of aryl methyl sites for hydroxylation is 1. The molecule has 0 aromatic carbocycles. The van der Waals surface area contributed by atoms with Crippen LogP contribution >= 0.6 is 0 Å². The largest absolute Gasteiger partial charge is 0.388 e. The quantitative estimate of drug-likeness (QED) is 0.686. The Hall–Kier alpha value is -2.01. The molecule has 1 aromatic rings. The number of aliphatic hydroxyl groups is 2. The van der Waals surface area contributed by atoms with Crippen LogP contribution in [-0.2, 0) is 14.3 Å². The average Bonchev–Trinajstić information content (AvgIpc) is 3.15. The first-order chi connectivity index (χ1) is 14.3. The second-order valence-corrected chi connectivity index (χ2v) is 7.56. The lowest BCUT2D eigenvalue weighted by atomic mass is 10.1. The van der Waals surface area contributed by atoms with E-state index >= 15 is 0 Å². The fourth-order valence-electron chi connectivity index (χ4n) is 3.36. The van der Waals surface area contributed by atoms with Gasteiger partial charge in [-0.05, 0) is 26.2 Å². The SMILES string of the molecule is CO[C@H]1CN(C(C)=O)CCCN(C(=O)c2cc(C)no2)CCCCOC[C@H](O)[C@@H]1O. The first-order valence-corrected chi connectivity index (χ1v) is 10.3. The van der Waals surface area contributed by atoms with Gasteiger partial charge in [0.25, 0.3) is 5.91 Å². The summed E-state index contributed by atoms with van der Waals surface area (Å²) in [6, 6.07) is 1.61. The lowest BCUT2D eigenvalue weighted by Gasteiger charge is -2.31. The number of ether oxygens (including phenoxy) is 2. The Morgan fingerprint density at radius 2 is 1.87 bits per heavy atom. The van der Waals surface area contributed by atoms with Crippen LogP contribution in [0.15, 0.2) is 10.6 Å². The van der Waals surface area contributed by atoms with Crippen LogP contribution in [-0.4, -0.2) is 102 Å². The standard InChI is InChI=1S/C20H33N3O7/c1-14-11-17(30-21-14)20(27)22-7-4-5-10-29-13-16(25)19(26)18(28-3)12-23(15(2)24)9-6-8-22/h11,16,18-19,25-26H,4-10,12-13H2,1-3H3/t16-,18-,19-/m0/s1. The molecule has 2 N–H and O–H groups in total. The summed E-state index contributed by atoms with van der Waals surface area (Å²) in [5.41, 5.74) is 0.635. The van der Waals surface area contributed by atoms with Crippen molar-refractivity contribution in [2.24, 2.45) is 0 Å². The number of carbonyl (C=O) groups excluding carboxylic acids is 2. The van der Waals surface area contributed by atoms with Gasteiger partial charge in [-0.2, -0.15) is 0 Å². The number of hydrogen-bond donors (Lipinski definition) is 2. The van der Waals surface area contributed by atoms with E-state index in [9.17, 15) is 19.8 Å². The molecular weight excluding hydrogens is 394 g/mol. The molecule has 0 bridgehead atoms. The summed E-state index contributed by atoms with van der Waals surface area (Å²) in [5.74, 6) is -0.227. The fraction of sp³-hybridized carbons (Fsp3) is 0.750. The number of aliphatic hydroxyl groups excluding tert-OH is 2. The Morgan fingerprint density at radius 3 is 2.50 bits per heavy atom. The van der Waals surface area contributed by atoms with Crippen molar-refractivity contribution in [2.45, 2.75) is 51.4 Å². The zero-order valence-corrected chi connectivity index (χ0v) is 18.0. The van der Waals surface area contributed by atoms with Gasteiger partial charge in [0.05, 0.1) is 12.3 Å². The molecule has 3 atom stereocenters. The lowest BCUT2D eigenvalue weighted by Crippen LogP contribution is -2.48. The minimum atomic E-state index is -1.19. The molecule has 0 saturated carbocycles. The third-order valence-corrected chi connectivity index (χ3v) is 5.16. The predicted molar refractivity (Wildman–Crippen MR) is 107 cm³/mol. The van der Waals surface area contributed by atoms with E-state index in [1.165, 1.54) is 14.0 Å². The second kappa shape index (κ2) is 12.0. The molecule has 10 nitrogen and oxygen atoms in total. The molecule has 0 unspecified atom stereocenters. The summed E-state index contributed by atoms with van der Waals surface area (Å²) in [7, 11) is 1.42. The lowest BCUT2D eigenvalue weighted by molar-refractivity contribution is -0.136. The minimum Gasteiger partial charge on any atom is -0.388 e. The van der Waals surface area contributed by atoms with Gasteiger partial charge in [-0.3, -0.25) is 9.59 Å². The van der Waals surface area contributed by atoms with Crippen molar-refractivity contribution < 1.29 is 33.8 Å². The maximum atomic E-state index is 12.8. The van der Waals surface area contributed by atoms with Crippen molar-refractivity contribution in [1.82, 2.24) is 15.0 Å². The number of carbonyl (C=O) groups is 2. The van der Waals surface area contributed by atoms with Crippen LogP contribution in [0.2, 0.25) is 0 Å². The average molecular weight is 427 g/mol. The monoisotopic (exact) mass is 427 g/mol. The number of rotatable bonds is 2. The van der Waals surface area contributed by atoms with Gasteiger partial charge in [0.2, 0.25) is 11.7 Å². The summed E-state index contributed by atoms with van der Waals surface area (Å²) in [5, 5.41) is 24.3. The topological polar surface area (TPSA) is 126 Å². The predicted octanol–water partition coefficient (Wildman–Crippen LogP) is 0.211. The number of hydrogen-bond acceptors (Lipinski definition) is 8. The summed E-state index contributed by atoms with van der Waals surface area (Å²) in [6.07, 6.45) is -1.13. The molecule has 2 amide bonds. The highest BCUT2D eigenvalue weighted by atomic mass is 16.5. The number of methoxy groups -OCH3 is 1. The van der Waals surface area contributed by atoms with Gasteiger partial charge in [-0.15, -0.1) is 0 Å². The number of nitrogens with zero attached hydrogens (tertiary/aromatic N) is 3. The number of aromatic nitrogens is 1. The van der Waals surface area contributed by atoms with Gasteiger partial charge in [-0.25, -0.2) is 0 Å². The first kappa shape index (κ1) is 24.3. The van der Waals surface area contributed by atoms with Crippen molar-refractivity contribution in [1.29, 1.82) is 0 Å². The molecule has 2 rings (SSSR count). The molecular formula is C20H33N3O7. The van der Waals surface area contributed by atoms with E-state index in [0.29, 0.717) is 51.2 Å². The highest BCUT2D eigenvalue weighted by Gasteiger charge is 2.29. The maximum Gasteiger partial charge on any atom is 0.292 e. The summed E-state index contributed by atoms with van der Waals surface area (Å²) in [4.78, 5) is 28.1. The zero-order valence-electron chi connectivity index (χ0n) is 18.0. The van der Waals surface area contributed by atoms with E-state index in [0.717, 1.165) is 0 Å². The zero-order chi connectivity index (χ0) is 22.1. The highest BCUT2D eigenvalue weighted by molar-refractivity contribution is 5.91. The van der Waals surface area contributed by atoms with Crippen molar-refractivity contribution >= 4 is 11.8 Å². The normalized spacial score (nSPS) is 25.4. The first-order valence-electron chi connectivity index (χ1n) is 10.3. The Morgan fingerprint density at radius 1 is 1.17 bits per heavy atom. The molecule has 1 aliphatic rings. The van der Waals surface area contributed by atoms with E-state index in [2.05, 4.69) is 5.16 Å². The molecule has 2 heterocycles. The Bertz CT molecular complexity index is 681. The van der Waals surface area contributed by atoms with Crippen LogP contribution in [0.3, 0.4) is 0 Å². The molecule has 0 spiro atoms. The van der Waals surface area contributed by atoms with Crippen LogP contribution in [0, 0.1) is 6.92 Å². The Balaban J connectivity index is 2.11. The molecule has 170 valence electrons. The van der Waals surface area contributed by atoms with Gasteiger partial charge in [0.15, 0.2) is 0 Å². The van der Waals surface area contributed by atoms with Gasteiger partial charge >= 0.3 is 0 Å². The maximum absolute atomic E-state index is 12.8. The highest BCUT2D eigenvalue weighted by Crippen LogP contribution is 2.12. The Kier molecular flexibility index (Phi) is 9.70. The van der Waals surface area contributed by atoms with Crippen LogP contribution in [0.5, 0.6) is 0 Å².